The summed E-state index contributed by atoms with van der Waals surface area (Å²) in [6, 6.07) is 3.05. The van der Waals surface area contributed by atoms with E-state index in [1.807, 2.05) is 4.90 Å². The Morgan fingerprint density at radius 1 is 1.65 bits per heavy atom. The van der Waals surface area contributed by atoms with Crippen LogP contribution in [0.3, 0.4) is 0 Å². The number of hydrogen-bond donors (Lipinski definition) is 1. The van der Waals surface area contributed by atoms with Gasteiger partial charge in [0.25, 0.3) is 0 Å². The summed E-state index contributed by atoms with van der Waals surface area (Å²) in [7, 11) is 0. The van der Waals surface area contributed by atoms with E-state index in [2.05, 4.69) is 10.9 Å². The number of pyridine rings is 1. The fraction of sp³-hybridized carbons (Fsp3) is 0.385. The molecule has 1 aromatic heterocycles. The van der Waals surface area contributed by atoms with Crippen molar-refractivity contribution in [3.05, 3.63) is 23.9 Å². The van der Waals surface area contributed by atoms with Crippen molar-refractivity contribution in [3.8, 4) is 12.3 Å². The summed E-state index contributed by atoms with van der Waals surface area (Å²) >= 11 is 0. The number of carbonyl (C=O) groups is 1. The standard InChI is InChI=1S/C13H14N2O2/c1-2-7-15(9-10-3-4-10)12-8-11(13(16)17)5-6-14-12/h1,5-6,8,10H,3-4,7,9H2,(H,16,17). The molecule has 0 aromatic carbocycles. The van der Waals surface area contributed by atoms with E-state index in [1.54, 1.807) is 6.07 Å². The molecule has 88 valence electrons. The second kappa shape index (κ2) is 4.88. The Hall–Kier alpha value is -2.02. The first-order valence-corrected chi connectivity index (χ1v) is 5.58. The molecule has 0 radical (unpaired) electrons. The minimum atomic E-state index is -0.944. The lowest BCUT2D eigenvalue weighted by atomic mass is 10.2. The first kappa shape index (κ1) is 11.5. The Kier molecular flexibility index (Phi) is 3.29. The van der Waals surface area contributed by atoms with E-state index in [9.17, 15) is 4.79 Å². The molecule has 0 atom stereocenters. The summed E-state index contributed by atoms with van der Waals surface area (Å²) < 4.78 is 0. The van der Waals surface area contributed by atoms with Gasteiger partial charge in [-0.1, -0.05) is 5.92 Å². The third-order valence-corrected chi connectivity index (χ3v) is 2.77. The average Bonchev–Trinajstić information content (AvgIpc) is 3.12. The number of anilines is 1. The quantitative estimate of drug-likeness (QED) is 0.781. The Morgan fingerprint density at radius 2 is 2.41 bits per heavy atom. The van der Waals surface area contributed by atoms with E-state index in [0.717, 1.165) is 6.54 Å². The molecule has 0 bridgehead atoms. The zero-order chi connectivity index (χ0) is 12.3. The maximum absolute atomic E-state index is 10.9. The van der Waals surface area contributed by atoms with Gasteiger partial charge in [0, 0.05) is 12.7 Å². The molecular formula is C13H14N2O2. The third-order valence-electron chi connectivity index (χ3n) is 2.77. The van der Waals surface area contributed by atoms with Gasteiger partial charge in [0.15, 0.2) is 0 Å². The number of carboxylic acid groups (broad SMARTS) is 1. The van der Waals surface area contributed by atoms with Crippen LogP contribution in [0.5, 0.6) is 0 Å². The van der Waals surface area contributed by atoms with Crippen LogP contribution in [0.2, 0.25) is 0 Å². The van der Waals surface area contributed by atoms with Crippen molar-refractivity contribution in [1.29, 1.82) is 0 Å². The van der Waals surface area contributed by atoms with Crippen LogP contribution in [0.4, 0.5) is 5.82 Å². The van der Waals surface area contributed by atoms with Crippen LogP contribution in [0.15, 0.2) is 18.3 Å². The number of nitrogens with zero attached hydrogens (tertiary/aromatic N) is 2. The fourth-order valence-corrected chi connectivity index (χ4v) is 1.69. The largest absolute Gasteiger partial charge is 0.478 e. The van der Waals surface area contributed by atoms with Crippen molar-refractivity contribution in [1.82, 2.24) is 4.98 Å². The molecule has 1 aromatic rings. The van der Waals surface area contributed by atoms with Gasteiger partial charge in [0.05, 0.1) is 12.1 Å². The summed E-state index contributed by atoms with van der Waals surface area (Å²) in [4.78, 5) is 17.0. The number of aromatic nitrogens is 1. The van der Waals surface area contributed by atoms with Crippen molar-refractivity contribution in [2.45, 2.75) is 12.8 Å². The highest BCUT2D eigenvalue weighted by atomic mass is 16.4. The maximum atomic E-state index is 10.9. The number of hydrogen-bond acceptors (Lipinski definition) is 3. The number of terminal acetylenes is 1. The van der Waals surface area contributed by atoms with Crippen LogP contribution in [-0.4, -0.2) is 29.1 Å². The van der Waals surface area contributed by atoms with Gasteiger partial charge >= 0.3 is 5.97 Å². The highest BCUT2D eigenvalue weighted by Gasteiger charge is 2.24. The van der Waals surface area contributed by atoms with Gasteiger partial charge in [-0.2, -0.15) is 0 Å². The summed E-state index contributed by atoms with van der Waals surface area (Å²) in [5, 5.41) is 8.93. The van der Waals surface area contributed by atoms with Crippen molar-refractivity contribution < 1.29 is 9.90 Å². The van der Waals surface area contributed by atoms with Crippen molar-refractivity contribution in [2.75, 3.05) is 18.0 Å². The third kappa shape index (κ3) is 2.97. The predicted molar refractivity (Wildman–Crippen MR) is 65.0 cm³/mol. The molecule has 0 unspecified atom stereocenters. The number of aromatic carboxylic acids is 1. The molecule has 0 spiro atoms. The van der Waals surface area contributed by atoms with Crippen molar-refractivity contribution in [3.63, 3.8) is 0 Å². The first-order chi connectivity index (χ1) is 8.20. The lowest BCUT2D eigenvalue weighted by molar-refractivity contribution is 0.0697. The Labute approximate surface area is 100 Å². The summed E-state index contributed by atoms with van der Waals surface area (Å²) in [6.45, 7) is 1.33. The van der Waals surface area contributed by atoms with Gasteiger partial charge in [-0.25, -0.2) is 9.78 Å². The number of rotatable bonds is 5. The highest BCUT2D eigenvalue weighted by Crippen LogP contribution is 2.30. The van der Waals surface area contributed by atoms with Gasteiger partial charge in [-0.05, 0) is 30.9 Å². The minimum Gasteiger partial charge on any atom is -0.478 e. The van der Waals surface area contributed by atoms with Gasteiger partial charge in [0.2, 0.25) is 0 Å². The molecule has 0 saturated heterocycles. The van der Waals surface area contributed by atoms with E-state index in [1.165, 1.54) is 25.1 Å². The lowest BCUT2D eigenvalue weighted by Crippen LogP contribution is -2.27. The molecule has 1 N–H and O–H groups in total. The summed E-state index contributed by atoms with van der Waals surface area (Å²) in [5.74, 6) is 2.97. The normalized spacial score (nSPS) is 14.1. The molecule has 1 fully saturated rings. The monoisotopic (exact) mass is 230 g/mol. The summed E-state index contributed by atoms with van der Waals surface area (Å²) in [6.07, 6.45) is 9.28. The smallest absolute Gasteiger partial charge is 0.335 e. The van der Waals surface area contributed by atoms with Crippen LogP contribution in [-0.2, 0) is 0 Å². The molecule has 0 amide bonds. The van der Waals surface area contributed by atoms with E-state index in [4.69, 9.17) is 11.5 Å². The molecule has 1 heterocycles. The molecule has 1 saturated carbocycles. The minimum absolute atomic E-state index is 0.243. The predicted octanol–water partition coefficient (Wildman–Crippen LogP) is 1.63. The first-order valence-electron chi connectivity index (χ1n) is 5.58. The Bertz CT molecular complexity index is 461. The van der Waals surface area contributed by atoms with Crippen LogP contribution in [0.1, 0.15) is 23.2 Å². The van der Waals surface area contributed by atoms with Gasteiger partial charge < -0.3 is 10.0 Å². The molecule has 0 aliphatic heterocycles. The van der Waals surface area contributed by atoms with Crippen molar-refractivity contribution in [2.24, 2.45) is 5.92 Å². The van der Waals surface area contributed by atoms with Gasteiger partial charge in [0.1, 0.15) is 5.82 Å². The van der Waals surface area contributed by atoms with E-state index < -0.39 is 5.97 Å². The topological polar surface area (TPSA) is 53.4 Å². The molecule has 2 rings (SSSR count). The molecule has 4 nitrogen and oxygen atoms in total. The van der Waals surface area contributed by atoms with Crippen LogP contribution < -0.4 is 4.90 Å². The molecule has 17 heavy (non-hydrogen) atoms. The second-order valence-corrected chi connectivity index (χ2v) is 4.24. The van der Waals surface area contributed by atoms with Crippen molar-refractivity contribution >= 4 is 11.8 Å². The molecule has 1 aliphatic carbocycles. The van der Waals surface area contributed by atoms with E-state index in [-0.39, 0.29) is 5.56 Å². The SMILES string of the molecule is C#CCN(CC1CC1)c1cc(C(=O)O)ccn1. The highest BCUT2D eigenvalue weighted by molar-refractivity contribution is 5.88. The Balaban J connectivity index is 2.18. The molecular weight excluding hydrogens is 216 g/mol. The number of carboxylic acids is 1. The molecule has 4 heteroatoms. The zero-order valence-electron chi connectivity index (χ0n) is 9.47. The fourth-order valence-electron chi connectivity index (χ4n) is 1.69. The second-order valence-electron chi connectivity index (χ2n) is 4.24. The maximum Gasteiger partial charge on any atom is 0.335 e. The zero-order valence-corrected chi connectivity index (χ0v) is 9.47. The van der Waals surface area contributed by atoms with E-state index >= 15 is 0 Å². The summed E-state index contributed by atoms with van der Waals surface area (Å²) in [5.41, 5.74) is 0.243. The van der Waals surface area contributed by atoms with Gasteiger partial charge in [-0.3, -0.25) is 0 Å². The van der Waals surface area contributed by atoms with Crippen LogP contribution >= 0.6 is 0 Å². The van der Waals surface area contributed by atoms with Gasteiger partial charge in [-0.15, -0.1) is 6.42 Å². The average molecular weight is 230 g/mol. The van der Waals surface area contributed by atoms with E-state index in [0.29, 0.717) is 18.3 Å². The lowest BCUT2D eigenvalue weighted by Gasteiger charge is -2.21. The molecule has 1 aliphatic rings. The van der Waals surface area contributed by atoms with Crippen LogP contribution in [0.25, 0.3) is 0 Å². The van der Waals surface area contributed by atoms with Crippen LogP contribution in [0, 0.1) is 18.3 Å². The Morgan fingerprint density at radius 3 is 3.00 bits per heavy atom.